The Hall–Kier alpha value is -4.01. The van der Waals surface area contributed by atoms with E-state index in [4.69, 9.17) is 4.52 Å². The van der Waals surface area contributed by atoms with Crippen molar-refractivity contribution in [2.75, 3.05) is 16.8 Å². The van der Waals surface area contributed by atoms with Crippen molar-refractivity contribution < 1.29 is 18.9 Å². The molecule has 9 heteroatoms. The minimum absolute atomic E-state index is 0.0596. The number of aromatic nitrogens is 2. The third kappa shape index (κ3) is 3.05. The molecule has 0 bridgehead atoms. The average molecular weight is 431 g/mol. The van der Waals surface area contributed by atoms with E-state index in [1.165, 1.54) is 4.90 Å². The van der Waals surface area contributed by atoms with Crippen LogP contribution >= 0.6 is 0 Å². The number of hydrogen-bond acceptors (Lipinski definition) is 6. The van der Waals surface area contributed by atoms with Crippen molar-refractivity contribution in [3.8, 4) is 11.4 Å². The second-order valence-corrected chi connectivity index (χ2v) is 8.09. The molecule has 2 aliphatic heterocycles. The molecule has 3 heterocycles. The van der Waals surface area contributed by atoms with Crippen molar-refractivity contribution >= 4 is 29.1 Å². The van der Waals surface area contributed by atoms with Crippen molar-refractivity contribution in [3.63, 3.8) is 0 Å². The van der Waals surface area contributed by atoms with Crippen LogP contribution in [0.3, 0.4) is 0 Å². The van der Waals surface area contributed by atoms with Crippen LogP contribution in [0, 0.1) is 6.92 Å². The van der Waals surface area contributed by atoms with Crippen LogP contribution in [0.15, 0.2) is 53.1 Å². The first-order valence-corrected chi connectivity index (χ1v) is 10.3. The van der Waals surface area contributed by atoms with Gasteiger partial charge in [-0.05, 0) is 37.6 Å². The highest BCUT2D eigenvalue weighted by Crippen LogP contribution is 2.43. The molecule has 1 atom stereocenters. The first-order chi connectivity index (χ1) is 15.4. The highest BCUT2D eigenvalue weighted by atomic mass is 16.5. The molecule has 3 amide bonds. The van der Waals surface area contributed by atoms with Crippen LogP contribution in [-0.4, -0.2) is 45.0 Å². The Morgan fingerprint density at radius 3 is 2.59 bits per heavy atom. The zero-order valence-electron chi connectivity index (χ0n) is 17.7. The fourth-order valence-corrected chi connectivity index (χ4v) is 4.47. The van der Waals surface area contributed by atoms with Crippen LogP contribution in [0.2, 0.25) is 0 Å². The second kappa shape index (κ2) is 7.30. The zero-order valence-corrected chi connectivity index (χ0v) is 17.7. The van der Waals surface area contributed by atoms with Crippen LogP contribution in [0.25, 0.3) is 11.4 Å². The molecule has 0 radical (unpaired) electrons. The van der Waals surface area contributed by atoms with E-state index in [9.17, 15) is 14.4 Å². The molecule has 1 fully saturated rings. The Morgan fingerprint density at radius 2 is 1.84 bits per heavy atom. The number of nitrogens with zero attached hydrogens (tertiary/aromatic N) is 4. The minimum atomic E-state index is -0.899. The molecule has 0 aliphatic carbocycles. The summed E-state index contributed by atoms with van der Waals surface area (Å²) in [4.78, 5) is 46.4. The van der Waals surface area contributed by atoms with Crippen molar-refractivity contribution in [2.24, 2.45) is 0 Å². The average Bonchev–Trinajstić information content (AvgIpc) is 3.35. The lowest BCUT2D eigenvalue weighted by Gasteiger charge is -2.48. The zero-order chi connectivity index (χ0) is 22.5. The highest BCUT2D eigenvalue weighted by molar-refractivity contribution is 6.11. The summed E-state index contributed by atoms with van der Waals surface area (Å²) in [6, 6.07) is 14.1. The summed E-state index contributed by atoms with van der Waals surface area (Å²) in [6.07, 6.45) is 0.772. The number of fused-ring (bicyclic) bond motifs is 3. The number of rotatable bonds is 4. The number of carbonyl (C=O) groups excluding carboxylic acids is 3. The van der Waals surface area contributed by atoms with Gasteiger partial charge in [-0.3, -0.25) is 19.3 Å². The van der Waals surface area contributed by atoms with Crippen molar-refractivity contribution in [3.05, 3.63) is 60.0 Å². The fraction of sp³-hybridized carbons (Fsp3) is 0.261. The van der Waals surface area contributed by atoms with Crippen molar-refractivity contribution in [2.45, 2.75) is 32.4 Å². The van der Waals surface area contributed by atoms with Crippen molar-refractivity contribution in [1.29, 1.82) is 0 Å². The predicted molar refractivity (Wildman–Crippen MR) is 116 cm³/mol. The van der Waals surface area contributed by atoms with Gasteiger partial charge in [-0.2, -0.15) is 4.98 Å². The molecular weight excluding hydrogens is 410 g/mol. The smallest absolute Gasteiger partial charge is 0.258 e. The first-order valence-electron chi connectivity index (χ1n) is 10.3. The largest absolute Gasteiger partial charge is 0.339 e. The minimum Gasteiger partial charge on any atom is -0.339 e. The lowest BCUT2D eigenvalue weighted by molar-refractivity contribution is -0.120. The van der Waals surface area contributed by atoms with Crippen LogP contribution in [-0.2, 0) is 9.59 Å². The summed E-state index contributed by atoms with van der Waals surface area (Å²) >= 11 is 0. The Labute approximate surface area is 184 Å². The molecule has 2 aliphatic rings. The number of para-hydroxylation sites is 2. The van der Waals surface area contributed by atoms with Gasteiger partial charge in [0.15, 0.2) is 0 Å². The van der Waals surface area contributed by atoms with E-state index in [2.05, 4.69) is 15.5 Å². The molecule has 3 aromatic rings. The molecule has 0 spiro atoms. The highest BCUT2D eigenvalue weighted by Gasteiger charge is 2.53. The lowest BCUT2D eigenvalue weighted by Crippen LogP contribution is -2.63. The molecular formula is C23H21N5O4. The first kappa shape index (κ1) is 19.9. The molecule has 32 heavy (non-hydrogen) atoms. The molecule has 1 saturated heterocycles. The standard InChI is InChI=1S/C23H21N5O4/c1-14-24-21(26-32-14)15-7-3-5-9-17(15)25-19(29)13-27-22(31)16-8-4-6-10-18(16)28-20(30)11-12-23(27,28)2/h3-10H,11-13H2,1-2H3,(H,25,29). The van der Waals surface area contributed by atoms with Gasteiger partial charge < -0.3 is 14.7 Å². The SMILES string of the molecule is Cc1nc(-c2ccccc2NC(=O)CN2C(=O)c3ccccc3N3C(=O)CCC23C)no1. The van der Waals surface area contributed by atoms with Gasteiger partial charge in [-0.15, -0.1) is 0 Å². The normalized spacial score (nSPS) is 19.7. The van der Waals surface area contributed by atoms with Gasteiger partial charge in [0.05, 0.1) is 16.9 Å². The Bertz CT molecular complexity index is 1250. The number of benzene rings is 2. The third-order valence-electron chi connectivity index (χ3n) is 6.02. The molecule has 1 aromatic heterocycles. The van der Waals surface area contributed by atoms with Gasteiger partial charge >= 0.3 is 0 Å². The number of nitrogens with one attached hydrogen (secondary N) is 1. The fourth-order valence-electron chi connectivity index (χ4n) is 4.47. The maximum atomic E-state index is 13.3. The van der Waals surface area contributed by atoms with E-state index >= 15 is 0 Å². The molecule has 0 saturated carbocycles. The maximum absolute atomic E-state index is 13.3. The Balaban J connectivity index is 1.44. The van der Waals surface area contributed by atoms with Crippen LogP contribution in [0.5, 0.6) is 0 Å². The maximum Gasteiger partial charge on any atom is 0.258 e. The summed E-state index contributed by atoms with van der Waals surface area (Å²) < 4.78 is 5.05. The van der Waals surface area contributed by atoms with Crippen LogP contribution in [0.1, 0.15) is 36.0 Å². The molecule has 1 N–H and O–H groups in total. The topological polar surface area (TPSA) is 109 Å². The van der Waals surface area contributed by atoms with E-state index in [1.54, 1.807) is 54.3 Å². The summed E-state index contributed by atoms with van der Waals surface area (Å²) in [5.41, 5.74) is 1.22. The van der Waals surface area contributed by atoms with E-state index in [1.807, 2.05) is 13.0 Å². The second-order valence-electron chi connectivity index (χ2n) is 8.09. The molecule has 5 rings (SSSR count). The van der Waals surface area contributed by atoms with Gasteiger partial charge in [-0.25, -0.2) is 0 Å². The molecule has 1 unspecified atom stereocenters. The number of amides is 3. The van der Waals surface area contributed by atoms with Crippen LogP contribution < -0.4 is 10.2 Å². The monoisotopic (exact) mass is 431 g/mol. The number of anilines is 2. The lowest BCUT2D eigenvalue weighted by atomic mass is 9.98. The predicted octanol–water partition coefficient (Wildman–Crippen LogP) is 2.98. The van der Waals surface area contributed by atoms with Crippen LogP contribution in [0.4, 0.5) is 11.4 Å². The number of carbonyl (C=O) groups is 3. The molecule has 2 aromatic carbocycles. The summed E-state index contributed by atoms with van der Waals surface area (Å²) in [6.45, 7) is 3.31. The Kier molecular flexibility index (Phi) is 4.54. The van der Waals surface area contributed by atoms with Gasteiger partial charge in [0.25, 0.3) is 5.91 Å². The van der Waals surface area contributed by atoms with Gasteiger partial charge in [0.1, 0.15) is 12.2 Å². The number of aryl methyl sites for hydroxylation is 1. The quantitative estimate of drug-likeness (QED) is 0.680. The van der Waals surface area contributed by atoms with Crippen molar-refractivity contribution in [1.82, 2.24) is 15.0 Å². The Morgan fingerprint density at radius 1 is 1.12 bits per heavy atom. The summed E-state index contributed by atoms with van der Waals surface area (Å²) in [5, 5.41) is 6.78. The molecule has 9 nitrogen and oxygen atoms in total. The molecule has 162 valence electrons. The summed E-state index contributed by atoms with van der Waals surface area (Å²) in [7, 11) is 0. The summed E-state index contributed by atoms with van der Waals surface area (Å²) in [5.74, 6) is 0.0615. The van der Waals surface area contributed by atoms with E-state index < -0.39 is 5.66 Å². The third-order valence-corrected chi connectivity index (χ3v) is 6.02. The van der Waals surface area contributed by atoms with Gasteiger partial charge in [0, 0.05) is 18.9 Å². The van der Waals surface area contributed by atoms with E-state index in [0.29, 0.717) is 47.1 Å². The van der Waals surface area contributed by atoms with Gasteiger partial charge in [-0.1, -0.05) is 29.4 Å². The van der Waals surface area contributed by atoms with E-state index in [0.717, 1.165) is 0 Å². The number of hydrogen-bond donors (Lipinski definition) is 1. The van der Waals surface area contributed by atoms with Gasteiger partial charge in [0.2, 0.25) is 23.5 Å². The van der Waals surface area contributed by atoms with E-state index in [-0.39, 0.29) is 24.3 Å².